The van der Waals surface area contributed by atoms with Crippen LogP contribution in [0.1, 0.15) is 22.7 Å². The van der Waals surface area contributed by atoms with Crippen LogP contribution >= 0.6 is 15.9 Å². The predicted molar refractivity (Wildman–Crippen MR) is 91.5 cm³/mol. The summed E-state index contributed by atoms with van der Waals surface area (Å²) in [6, 6.07) is 17.0. The summed E-state index contributed by atoms with van der Waals surface area (Å²) >= 11 is 3.68. The number of rotatable bonds is 3. The van der Waals surface area contributed by atoms with E-state index in [0.717, 1.165) is 9.99 Å². The Hall–Kier alpha value is -1.71. The fourth-order valence-corrected chi connectivity index (χ4v) is 3.22. The average molecular weight is 341 g/mol. The largest absolute Gasteiger partial charge is 0.309 e. The highest BCUT2D eigenvalue weighted by Gasteiger charge is 2.17. The Kier molecular flexibility index (Phi) is 4.04. The predicted octanol–water partition coefficient (Wildman–Crippen LogP) is 4.61. The van der Waals surface area contributed by atoms with Gasteiger partial charge in [-0.05, 0) is 43.3 Å². The number of aryl methyl sites for hydroxylation is 1. The molecule has 2 aromatic carbocycles. The first kappa shape index (κ1) is 14.2. The van der Waals surface area contributed by atoms with Crippen molar-refractivity contribution in [3.05, 3.63) is 75.9 Å². The highest BCUT2D eigenvalue weighted by atomic mass is 79.9. The van der Waals surface area contributed by atoms with Crippen molar-refractivity contribution in [2.45, 2.75) is 13.0 Å². The molecule has 0 saturated heterocycles. The van der Waals surface area contributed by atoms with Gasteiger partial charge in [-0.2, -0.15) is 0 Å². The first-order valence-electron chi connectivity index (χ1n) is 6.97. The van der Waals surface area contributed by atoms with E-state index in [1.165, 1.54) is 22.1 Å². The molecule has 2 nitrogen and oxygen atoms in total. The number of halogens is 1. The SMILES string of the molecule is CNC(c1cc(C)ccc1Br)c1cccc2ncccc12. The Bertz CT molecular complexity index is 778. The molecular formula is C18H17BrN2. The molecule has 106 valence electrons. The Morgan fingerprint density at radius 3 is 2.71 bits per heavy atom. The average Bonchev–Trinajstić information content (AvgIpc) is 2.51. The third kappa shape index (κ3) is 2.71. The minimum Gasteiger partial charge on any atom is -0.309 e. The standard InChI is InChI=1S/C18H17BrN2/c1-12-8-9-16(19)15(11-12)18(20-2)14-5-3-7-17-13(14)6-4-10-21-17/h3-11,18,20H,1-2H3. The number of fused-ring (bicyclic) bond motifs is 1. The van der Waals surface area contributed by atoms with Gasteiger partial charge in [-0.15, -0.1) is 0 Å². The molecule has 0 spiro atoms. The molecule has 1 N–H and O–H groups in total. The number of benzene rings is 2. The molecule has 0 saturated carbocycles. The van der Waals surface area contributed by atoms with Gasteiger partial charge in [0.2, 0.25) is 0 Å². The summed E-state index contributed by atoms with van der Waals surface area (Å²) in [5.74, 6) is 0. The van der Waals surface area contributed by atoms with E-state index >= 15 is 0 Å². The minimum atomic E-state index is 0.132. The second-order valence-electron chi connectivity index (χ2n) is 5.16. The molecule has 3 heteroatoms. The van der Waals surface area contributed by atoms with Crippen LogP contribution in [-0.4, -0.2) is 12.0 Å². The third-order valence-corrected chi connectivity index (χ3v) is 4.46. The van der Waals surface area contributed by atoms with Crippen LogP contribution in [0.3, 0.4) is 0 Å². The fourth-order valence-electron chi connectivity index (χ4n) is 2.74. The molecule has 3 rings (SSSR count). The molecule has 0 aliphatic carbocycles. The van der Waals surface area contributed by atoms with Gasteiger partial charge >= 0.3 is 0 Å². The van der Waals surface area contributed by atoms with Crippen LogP contribution in [0, 0.1) is 6.92 Å². The quantitative estimate of drug-likeness (QED) is 0.752. The Morgan fingerprint density at radius 2 is 1.90 bits per heavy atom. The molecule has 21 heavy (non-hydrogen) atoms. The summed E-state index contributed by atoms with van der Waals surface area (Å²) < 4.78 is 1.12. The van der Waals surface area contributed by atoms with Gasteiger partial charge in [0.1, 0.15) is 0 Å². The molecule has 3 aromatic rings. The summed E-state index contributed by atoms with van der Waals surface area (Å²) in [5.41, 5.74) is 4.77. The maximum atomic E-state index is 4.45. The zero-order chi connectivity index (χ0) is 14.8. The molecule has 1 aromatic heterocycles. The molecule has 1 heterocycles. The van der Waals surface area contributed by atoms with Crippen molar-refractivity contribution in [2.24, 2.45) is 0 Å². The van der Waals surface area contributed by atoms with E-state index < -0.39 is 0 Å². The molecule has 1 atom stereocenters. The van der Waals surface area contributed by atoms with Crippen molar-refractivity contribution in [3.8, 4) is 0 Å². The van der Waals surface area contributed by atoms with Gasteiger partial charge in [-0.1, -0.05) is 51.8 Å². The zero-order valence-electron chi connectivity index (χ0n) is 12.1. The number of pyridine rings is 1. The number of hydrogen-bond acceptors (Lipinski definition) is 2. The molecule has 0 amide bonds. The Balaban J connectivity index is 2.21. The summed E-state index contributed by atoms with van der Waals surface area (Å²) in [4.78, 5) is 4.45. The van der Waals surface area contributed by atoms with Crippen LogP contribution in [0.15, 0.2) is 59.2 Å². The summed E-state index contributed by atoms with van der Waals surface area (Å²) in [6.07, 6.45) is 1.84. The molecule has 0 fully saturated rings. The molecule has 0 bridgehead atoms. The van der Waals surface area contributed by atoms with E-state index in [2.05, 4.69) is 75.6 Å². The van der Waals surface area contributed by atoms with E-state index in [4.69, 9.17) is 0 Å². The number of aromatic nitrogens is 1. The highest BCUT2D eigenvalue weighted by molar-refractivity contribution is 9.10. The van der Waals surface area contributed by atoms with Crippen LogP contribution in [0.5, 0.6) is 0 Å². The second-order valence-corrected chi connectivity index (χ2v) is 6.02. The topological polar surface area (TPSA) is 24.9 Å². The molecule has 0 radical (unpaired) electrons. The van der Waals surface area contributed by atoms with Crippen molar-refractivity contribution >= 4 is 26.8 Å². The van der Waals surface area contributed by atoms with E-state index in [1.807, 2.05) is 19.3 Å². The third-order valence-electron chi connectivity index (χ3n) is 3.74. The van der Waals surface area contributed by atoms with Crippen molar-refractivity contribution in [1.82, 2.24) is 10.3 Å². The normalized spacial score (nSPS) is 12.5. The van der Waals surface area contributed by atoms with Gasteiger partial charge in [-0.3, -0.25) is 4.98 Å². The monoisotopic (exact) mass is 340 g/mol. The lowest BCUT2D eigenvalue weighted by Gasteiger charge is -2.21. The van der Waals surface area contributed by atoms with Gasteiger partial charge in [0, 0.05) is 16.1 Å². The molecule has 0 aliphatic heterocycles. The maximum absolute atomic E-state index is 4.45. The zero-order valence-corrected chi connectivity index (χ0v) is 13.7. The Morgan fingerprint density at radius 1 is 1.05 bits per heavy atom. The molecular weight excluding hydrogens is 324 g/mol. The van der Waals surface area contributed by atoms with E-state index in [9.17, 15) is 0 Å². The minimum absolute atomic E-state index is 0.132. The van der Waals surface area contributed by atoms with E-state index in [1.54, 1.807) is 0 Å². The van der Waals surface area contributed by atoms with Gasteiger partial charge in [0.05, 0.1) is 11.6 Å². The van der Waals surface area contributed by atoms with Gasteiger partial charge in [0.25, 0.3) is 0 Å². The first-order valence-corrected chi connectivity index (χ1v) is 7.77. The summed E-state index contributed by atoms with van der Waals surface area (Å²) in [5, 5.41) is 4.62. The van der Waals surface area contributed by atoms with Crippen molar-refractivity contribution in [2.75, 3.05) is 7.05 Å². The van der Waals surface area contributed by atoms with Gasteiger partial charge < -0.3 is 5.32 Å². The van der Waals surface area contributed by atoms with Crippen LogP contribution in [-0.2, 0) is 0 Å². The van der Waals surface area contributed by atoms with Crippen molar-refractivity contribution in [1.29, 1.82) is 0 Å². The van der Waals surface area contributed by atoms with Crippen molar-refractivity contribution in [3.63, 3.8) is 0 Å². The van der Waals surface area contributed by atoms with E-state index in [-0.39, 0.29) is 6.04 Å². The summed E-state index contributed by atoms with van der Waals surface area (Å²) in [6.45, 7) is 2.12. The second kappa shape index (κ2) is 5.96. The maximum Gasteiger partial charge on any atom is 0.0705 e. The lowest BCUT2D eigenvalue weighted by atomic mass is 9.94. The van der Waals surface area contributed by atoms with Crippen molar-refractivity contribution < 1.29 is 0 Å². The lowest BCUT2D eigenvalue weighted by molar-refractivity contribution is 0.693. The first-order chi connectivity index (χ1) is 10.2. The van der Waals surface area contributed by atoms with E-state index in [0.29, 0.717) is 0 Å². The van der Waals surface area contributed by atoms with Crippen LogP contribution in [0.4, 0.5) is 0 Å². The molecule has 1 unspecified atom stereocenters. The number of hydrogen-bond donors (Lipinski definition) is 1. The number of nitrogens with zero attached hydrogens (tertiary/aromatic N) is 1. The van der Waals surface area contributed by atoms with Gasteiger partial charge in [-0.25, -0.2) is 0 Å². The van der Waals surface area contributed by atoms with Crippen LogP contribution < -0.4 is 5.32 Å². The Labute approximate surface area is 133 Å². The van der Waals surface area contributed by atoms with Crippen LogP contribution in [0.25, 0.3) is 10.9 Å². The highest BCUT2D eigenvalue weighted by Crippen LogP contribution is 2.32. The fraction of sp³-hybridized carbons (Fsp3) is 0.167. The number of nitrogens with one attached hydrogen (secondary N) is 1. The van der Waals surface area contributed by atoms with Gasteiger partial charge in [0.15, 0.2) is 0 Å². The smallest absolute Gasteiger partial charge is 0.0705 e. The lowest BCUT2D eigenvalue weighted by Crippen LogP contribution is -2.18. The molecule has 0 aliphatic rings. The summed E-state index contributed by atoms with van der Waals surface area (Å²) in [7, 11) is 1.99. The van der Waals surface area contributed by atoms with Crippen LogP contribution in [0.2, 0.25) is 0 Å².